The lowest BCUT2D eigenvalue weighted by Crippen LogP contribution is -2.39. The van der Waals surface area contributed by atoms with Gasteiger partial charge >= 0.3 is 6.03 Å². The first-order chi connectivity index (χ1) is 11.1. The Balaban J connectivity index is 1.49. The summed E-state index contributed by atoms with van der Waals surface area (Å²) in [6, 6.07) is 9.93. The van der Waals surface area contributed by atoms with Crippen molar-refractivity contribution in [1.29, 1.82) is 0 Å². The van der Waals surface area contributed by atoms with Crippen LogP contribution in [0.4, 0.5) is 4.79 Å². The van der Waals surface area contributed by atoms with Gasteiger partial charge in [-0.1, -0.05) is 12.1 Å². The van der Waals surface area contributed by atoms with Crippen LogP contribution in [0.15, 0.2) is 35.7 Å². The fourth-order valence-electron chi connectivity index (χ4n) is 2.43. The molecule has 5 nitrogen and oxygen atoms in total. The molecule has 1 unspecified atom stereocenters. The summed E-state index contributed by atoms with van der Waals surface area (Å²) in [6.07, 6.45) is 0.754. The molecule has 1 N–H and O–H groups in total. The maximum Gasteiger partial charge on any atom is 0.317 e. The molecule has 6 heteroatoms. The van der Waals surface area contributed by atoms with Crippen molar-refractivity contribution in [1.82, 2.24) is 10.2 Å². The van der Waals surface area contributed by atoms with E-state index in [9.17, 15) is 4.79 Å². The molecule has 1 aliphatic rings. The number of benzene rings is 1. The highest BCUT2D eigenvalue weighted by molar-refractivity contribution is 7.10. The number of hydrogen-bond acceptors (Lipinski definition) is 4. The second kappa shape index (κ2) is 6.91. The Labute approximate surface area is 139 Å². The molecule has 2 amide bonds. The molecule has 0 saturated carbocycles. The molecule has 0 radical (unpaired) electrons. The van der Waals surface area contributed by atoms with E-state index in [4.69, 9.17) is 9.47 Å². The van der Waals surface area contributed by atoms with Gasteiger partial charge in [0, 0.05) is 18.5 Å². The van der Waals surface area contributed by atoms with Crippen LogP contribution < -0.4 is 14.8 Å². The molecule has 1 atom stereocenters. The van der Waals surface area contributed by atoms with E-state index in [-0.39, 0.29) is 18.9 Å². The number of carbonyl (C=O) groups excluding carboxylic acids is 1. The summed E-state index contributed by atoms with van der Waals surface area (Å²) in [5.74, 6) is 1.56. The number of hydrogen-bond donors (Lipinski definition) is 1. The van der Waals surface area contributed by atoms with Crippen LogP contribution in [0, 0.1) is 0 Å². The largest absolute Gasteiger partial charge is 0.454 e. The van der Waals surface area contributed by atoms with Crippen LogP contribution >= 0.6 is 11.3 Å². The van der Waals surface area contributed by atoms with Gasteiger partial charge < -0.3 is 19.7 Å². The predicted molar refractivity (Wildman–Crippen MR) is 90.2 cm³/mol. The van der Waals surface area contributed by atoms with Crippen LogP contribution in [0.5, 0.6) is 11.5 Å². The van der Waals surface area contributed by atoms with Crippen LogP contribution in [0.2, 0.25) is 0 Å². The average Bonchev–Trinajstić information content (AvgIpc) is 3.24. The van der Waals surface area contributed by atoms with Gasteiger partial charge in [-0.3, -0.25) is 0 Å². The first kappa shape index (κ1) is 15.7. The van der Waals surface area contributed by atoms with Gasteiger partial charge in [0.25, 0.3) is 0 Å². The first-order valence-corrected chi connectivity index (χ1v) is 8.45. The SMILES string of the molecule is CC(c1cccs1)N(C)C(=O)NCCc1ccc2c(c1)OCO2. The third-order valence-electron chi connectivity index (χ3n) is 3.98. The predicted octanol–water partition coefficient (Wildman–Crippen LogP) is 3.42. The zero-order valence-electron chi connectivity index (χ0n) is 13.2. The van der Waals surface area contributed by atoms with Crippen molar-refractivity contribution in [2.75, 3.05) is 20.4 Å². The Morgan fingerprint density at radius 3 is 2.96 bits per heavy atom. The molecular formula is C17H20N2O3S. The number of nitrogens with one attached hydrogen (secondary N) is 1. The van der Waals surface area contributed by atoms with E-state index in [0.717, 1.165) is 23.5 Å². The van der Waals surface area contributed by atoms with Gasteiger partial charge in [0.1, 0.15) is 0 Å². The van der Waals surface area contributed by atoms with E-state index in [1.165, 1.54) is 4.88 Å². The highest BCUT2D eigenvalue weighted by Crippen LogP contribution is 2.32. The van der Waals surface area contributed by atoms with Crippen LogP contribution in [0.3, 0.4) is 0 Å². The second-order valence-corrected chi connectivity index (χ2v) is 6.45. The van der Waals surface area contributed by atoms with Crippen molar-refractivity contribution in [2.45, 2.75) is 19.4 Å². The van der Waals surface area contributed by atoms with Gasteiger partial charge in [-0.25, -0.2) is 4.79 Å². The maximum absolute atomic E-state index is 12.2. The van der Waals surface area contributed by atoms with Crippen LogP contribution in [-0.2, 0) is 6.42 Å². The van der Waals surface area contributed by atoms with Crippen molar-refractivity contribution < 1.29 is 14.3 Å². The van der Waals surface area contributed by atoms with E-state index in [1.807, 2.05) is 49.7 Å². The lowest BCUT2D eigenvalue weighted by atomic mass is 10.1. The lowest BCUT2D eigenvalue weighted by Gasteiger charge is -2.24. The highest BCUT2D eigenvalue weighted by Gasteiger charge is 2.18. The first-order valence-electron chi connectivity index (χ1n) is 7.58. The Morgan fingerprint density at radius 2 is 2.17 bits per heavy atom. The summed E-state index contributed by atoms with van der Waals surface area (Å²) in [6.45, 7) is 2.89. The number of fused-ring (bicyclic) bond motifs is 1. The number of ether oxygens (including phenoxy) is 2. The molecule has 0 fully saturated rings. The van der Waals surface area contributed by atoms with E-state index in [2.05, 4.69) is 5.32 Å². The summed E-state index contributed by atoms with van der Waals surface area (Å²) in [7, 11) is 1.82. The molecule has 2 aromatic rings. The quantitative estimate of drug-likeness (QED) is 0.913. The van der Waals surface area contributed by atoms with Gasteiger partial charge in [0.2, 0.25) is 6.79 Å². The van der Waals surface area contributed by atoms with Gasteiger partial charge in [0.05, 0.1) is 6.04 Å². The Morgan fingerprint density at radius 1 is 1.35 bits per heavy atom. The third-order valence-corrected chi connectivity index (χ3v) is 5.03. The highest BCUT2D eigenvalue weighted by atomic mass is 32.1. The molecule has 0 spiro atoms. The Bertz CT molecular complexity index is 672. The summed E-state index contributed by atoms with van der Waals surface area (Å²) < 4.78 is 10.7. The topological polar surface area (TPSA) is 50.8 Å². The van der Waals surface area contributed by atoms with E-state index < -0.39 is 0 Å². The average molecular weight is 332 g/mol. The van der Waals surface area contributed by atoms with E-state index in [1.54, 1.807) is 16.2 Å². The Hall–Kier alpha value is -2.21. The van der Waals surface area contributed by atoms with Gasteiger partial charge in [0.15, 0.2) is 11.5 Å². The molecule has 1 aromatic carbocycles. The molecule has 0 saturated heterocycles. The summed E-state index contributed by atoms with van der Waals surface area (Å²) in [5, 5.41) is 4.99. The number of thiophene rings is 1. The van der Waals surface area contributed by atoms with Crippen molar-refractivity contribution >= 4 is 17.4 Å². The molecule has 3 rings (SSSR count). The minimum absolute atomic E-state index is 0.0633. The molecule has 2 heterocycles. The van der Waals surface area contributed by atoms with Crippen molar-refractivity contribution in [3.63, 3.8) is 0 Å². The summed E-state index contributed by atoms with van der Waals surface area (Å²) in [4.78, 5) is 15.1. The fraction of sp³-hybridized carbons (Fsp3) is 0.353. The number of amides is 2. The summed E-state index contributed by atoms with van der Waals surface area (Å²) in [5.41, 5.74) is 1.11. The van der Waals surface area contributed by atoms with E-state index in [0.29, 0.717) is 6.54 Å². The van der Waals surface area contributed by atoms with Crippen LogP contribution in [-0.4, -0.2) is 31.3 Å². The summed E-state index contributed by atoms with van der Waals surface area (Å²) >= 11 is 1.66. The monoisotopic (exact) mass is 332 g/mol. The Kier molecular flexibility index (Phi) is 4.71. The van der Waals surface area contributed by atoms with Crippen LogP contribution in [0.1, 0.15) is 23.4 Å². The third kappa shape index (κ3) is 3.59. The maximum atomic E-state index is 12.2. The number of carbonyl (C=O) groups is 1. The standard InChI is InChI=1S/C17H20N2O3S/c1-12(16-4-3-9-23-16)19(2)17(20)18-8-7-13-5-6-14-15(10-13)22-11-21-14/h3-6,9-10,12H,7-8,11H2,1-2H3,(H,18,20). The minimum atomic E-state index is -0.0633. The fourth-order valence-corrected chi connectivity index (χ4v) is 3.26. The number of nitrogens with zero attached hydrogens (tertiary/aromatic N) is 1. The molecular weight excluding hydrogens is 312 g/mol. The zero-order chi connectivity index (χ0) is 16.2. The van der Waals surface area contributed by atoms with E-state index >= 15 is 0 Å². The van der Waals surface area contributed by atoms with Gasteiger partial charge in [-0.15, -0.1) is 11.3 Å². The number of rotatable bonds is 5. The van der Waals surface area contributed by atoms with Crippen molar-refractivity contribution in [3.8, 4) is 11.5 Å². The molecule has 122 valence electrons. The number of urea groups is 1. The molecule has 23 heavy (non-hydrogen) atoms. The molecule has 0 bridgehead atoms. The minimum Gasteiger partial charge on any atom is -0.454 e. The van der Waals surface area contributed by atoms with Crippen molar-refractivity contribution in [3.05, 3.63) is 46.2 Å². The molecule has 1 aliphatic heterocycles. The second-order valence-electron chi connectivity index (χ2n) is 5.47. The lowest BCUT2D eigenvalue weighted by molar-refractivity contribution is 0.174. The zero-order valence-corrected chi connectivity index (χ0v) is 14.1. The van der Waals surface area contributed by atoms with Gasteiger partial charge in [-0.05, 0) is 42.5 Å². The molecule has 0 aliphatic carbocycles. The van der Waals surface area contributed by atoms with Crippen molar-refractivity contribution in [2.24, 2.45) is 0 Å². The van der Waals surface area contributed by atoms with Crippen LogP contribution in [0.25, 0.3) is 0 Å². The normalized spacial score (nSPS) is 13.7. The van der Waals surface area contributed by atoms with Gasteiger partial charge in [-0.2, -0.15) is 0 Å². The smallest absolute Gasteiger partial charge is 0.317 e. The molecule has 1 aromatic heterocycles.